The van der Waals surface area contributed by atoms with Gasteiger partial charge in [0.2, 0.25) is 0 Å². The molecule has 3 N–H and O–H groups in total. The Balaban J connectivity index is 2.63. The number of carboxylic acids is 1. The number of carbonyl (C=O) groups is 1. The van der Waals surface area contributed by atoms with Gasteiger partial charge in [-0.25, -0.2) is 0 Å². The first-order valence-corrected chi connectivity index (χ1v) is 6.08. The van der Waals surface area contributed by atoms with Crippen LogP contribution in [-0.2, 0) is 10.5 Å². The lowest BCUT2D eigenvalue weighted by Crippen LogP contribution is -2.46. The molecule has 1 rings (SSSR count). The lowest BCUT2D eigenvalue weighted by atomic mass is 10.1. The third-order valence-electron chi connectivity index (χ3n) is 2.43. The van der Waals surface area contributed by atoms with Crippen molar-refractivity contribution in [2.75, 3.05) is 0 Å². The molecule has 100 valence electrons. The molecule has 7 nitrogen and oxygen atoms in total. The van der Waals surface area contributed by atoms with Crippen molar-refractivity contribution in [3.8, 4) is 0 Å². The largest absolute Gasteiger partial charge is 0.480 e. The molecule has 0 radical (unpaired) electrons. The van der Waals surface area contributed by atoms with E-state index in [1.807, 2.05) is 0 Å². The molecule has 0 aromatic carbocycles. The molecule has 0 amide bonds. The number of nitro groups is 1. The molecule has 0 aliphatic heterocycles. The summed E-state index contributed by atoms with van der Waals surface area (Å²) in [4.78, 5) is 20.6. The maximum absolute atomic E-state index is 10.8. The van der Waals surface area contributed by atoms with Crippen molar-refractivity contribution in [2.45, 2.75) is 30.4 Å². The van der Waals surface area contributed by atoms with E-state index in [-0.39, 0.29) is 5.88 Å². The zero-order valence-electron chi connectivity index (χ0n) is 9.95. The Bertz CT molecular complexity index is 457. The number of thioether (sulfide) groups is 1. The molecule has 0 unspecified atom stereocenters. The van der Waals surface area contributed by atoms with E-state index in [0.29, 0.717) is 11.5 Å². The Hall–Kier alpha value is -1.54. The highest BCUT2D eigenvalue weighted by Crippen LogP contribution is 2.31. The summed E-state index contributed by atoms with van der Waals surface area (Å²) in [5.74, 6) is -0.678. The zero-order valence-corrected chi connectivity index (χ0v) is 10.8. The summed E-state index contributed by atoms with van der Waals surface area (Å²) in [5.41, 5.74) is 5.55. The number of rotatable bonds is 6. The monoisotopic (exact) mass is 274 g/mol. The van der Waals surface area contributed by atoms with Crippen molar-refractivity contribution in [2.24, 2.45) is 5.73 Å². The van der Waals surface area contributed by atoms with E-state index in [9.17, 15) is 14.9 Å². The van der Waals surface area contributed by atoms with E-state index in [0.717, 1.165) is 0 Å². The molecule has 18 heavy (non-hydrogen) atoms. The van der Waals surface area contributed by atoms with Crippen molar-refractivity contribution < 1.29 is 19.2 Å². The predicted octanol–water partition coefficient (Wildman–Crippen LogP) is 1.61. The fraction of sp³-hybridized carbons (Fsp3) is 0.500. The van der Waals surface area contributed by atoms with Crippen LogP contribution in [0.4, 0.5) is 5.88 Å². The van der Waals surface area contributed by atoms with Crippen molar-refractivity contribution >= 4 is 23.6 Å². The third-order valence-corrected chi connectivity index (χ3v) is 3.86. The molecule has 0 spiro atoms. The predicted molar refractivity (Wildman–Crippen MR) is 66.3 cm³/mol. The standard InChI is InChI=1S/C10H14N2O5S/c1-10(2,8(11)9(13)14)18-5-6-3-4-7(17-6)12(15)16/h3-4,8H,5,11H2,1-2H3,(H,13,14)/t8-/m0/s1. The van der Waals surface area contributed by atoms with Crippen LogP contribution in [0.1, 0.15) is 19.6 Å². The first-order valence-electron chi connectivity index (χ1n) is 5.09. The minimum absolute atomic E-state index is 0.321. The first-order chi connectivity index (χ1) is 8.24. The lowest BCUT2D eigenvalue weighted by Gasteiger charge is -2.27. The average Bonchev–Trinajstić information content (AvgIpc) is 2.74. The van der Waals surface area contributed by atoms with E-state index < -0.39 is 21.7 Å². The van der Waals surface area contributed by atoms with Gasteiger partial charge >= 0.3 is 11.9 Å². The van der Waals surface area contributed by atoms with Gasteiger partial charge in [-0.15, -0.1) is 11.8 Å². The number of aliphatic carboxylic acids is 1. The molecular formula is C10H14N2O5S. The number of carboxylic acid groups (broad SMARTS) is 1. The molecule has 1 aromatic rings. The number of furan rings is 1. The second kappa shape index (κ2) is 5.40. The SMILES string of the molecule is CC(C)(SCc1ccc([N+](=O)[O-])o1)[C@@H](N)C(=O)O. The van der Waals surface area contributed by atoms with E-state index in [1.54, 1.807) is 13.8 Å². The van der Waals surface area contributed by atoms with Crippen molar-refractivity contribution in [3.63, 3.8) is 0 Å². The molecule has 1 heterocycles. The summed E-state index contributed by atoms with van der Waals surface area (Å²) < 4.78 is 4.27. The number of hydrogen-bond acceptors (Lipinski definition) is 6. The van der Waals surface area contributed by atoms with Crippen LogP contribution in [-0.4, -0.2) is 26.8 Å². The summed E-state index contributed by atoms with van der Waals surface area (Å²) in [7, 11) is 0. The summed E-state index contributed by atoms with van der Waals surface area (Å²) >= 11 is 1.27. The van der Waals surface area contributed by atoms with Gasteiger partial charge in [0.25, 0.3) is 0 Å². The van der Waals surface area contributed by atoms with Gasteiger partial charge in [-0.05, 0) is 19.9 Å². The van der Waals surface area contributed by atoms with Gasteiger partial charge in [0.15, 0.2) is 0 Å². The smallest absolute Gasteiger partial charge is 0.433 e. The Kier molecular flexibility index (Phi) is 4.36. The zero-order chi connectivity index (χ0) is 13.9. The van der Waals surface area contributed by atoms with Crippen LogP contribution >= 0.6 is 11.8 Å². The second-order valence-corrected chi connectivity index (χ2v) is 5.83. The highest BCUT2D eigenvalue weighted by atomic mass is 32.2. The van der Waals surface area contributed by atoms with Gasteiger partial charge in [0.05, 0.1) is 11.8 Å². The summed E-state index contributed by atoms with van der Waals surface area (Å²) in [6.07, 6.45) is 0. The minimum Gasteiger partial charge on any atom is -0.480 e. The highest BCUT2D eigenvalue weighted by molar-refractivity contribution is 7.99. The number of nitrogens with zero attached hydrogens (tertiary/aromatic N) is 1. The Morgan fingerprint density at radius 2 is 2.28 bits per heavy atom. The van der Waals surface area contributed by atoms with E-state index in [4.69, 9.17) is 15.3 Å². The Morgan fingerprint density at radius 1 is 1.67 bits per heavy atom. The molecule has 0 fully saturated rings. The maximum Gasteiger partial charge on any atom is 0.433 e. The van der Waals surface area contributed by atoms with Crippen LogP contribution in [0.25, 0.3) is 0 Å². The van der Waals surface area contributed by atoms with Crippen molar-refractivity contribution in [1.29, 1.82) is 0 Å². The van der Waals surface area contributed by atoms with E-state index in [1.165, 1.54) is 23.9 Å². The van der Waals surface area contributed by atoms with Crippen molar-refractivity contribution in [1.82, 2.24) is 0 Å². The van der Waals surface area contributed by atoms with Crippen LogP contribution in [0, 0.1) is 10.1 Å². The molecule has 0 bridgehead atoms. The number of hydrogen-bond donors (Lipinski definition) is 2. The van der Waals surface area contributed by atoms with Crippen LogP contribution in [0.15, 0.2) is 16.5 Å². The second-order valence-electron chi connectivity index (χ2n) is 4.21. The van der Waals surface area contributed by atoms with Gasteiger partial charge in [-0.3, -0.25) is 14.9 Å². The normalized spacial score (nSPS) is 13.3. The minimum atomic E-state index is -1.09. The van der Waals surface area contributed by atoms with Gasteiger partial charge in [0.1, 0.15) is 16.7 Å². The molecule has 0 saturated heterocycles. The highest BCUT2D eigenvalue weighted by Gasteiger charge is 2.32. The fourth-order valence-electron chi connectivity index (χ4n) is 1.19. The first kappa shape index (κ1) is 14.5. The third kappa shape index (κ3) is 3.47. The van der Waals surface area contributed by atoms with Crippen LogP contribution in [0.3, 0.4) is 0 Å². The molecular weight excluding hydrogens is 260 g/mol. The molecule has 0 saturated carbocycles. The van der Waals surface area contributed by atoms with Gasteiger partial charge in [0, 0.05) is 4.75 Å². The van der Waals surface area contributed by atoms with Crippen LogP contribution < -0.4 is 5.73 Å². The molecule has 0 aliphatic carbocycles. The Labute approximate surface area is 107 Å². The van der Waals surface area contributed by atoms with Crippen molar-refractivity contribution in [3.05, 3.63) is 28.0 Å². The molecule has 0 aliphatic rings. The van der Waals surface area contributed by atoms with Gasteiger partial charge in [-0.2, -0.15) is 0 Å². The van der Waals surface area contributed by atoms with E-state index >= 15 is 0 Å². The number of nitrogens with two attached hydrogens (primary N) is 1. The topological polar surface area (TPSA) is 120 Å². The average molecular weight is 274 g/mol. The lowest BCUT2D eigenvalue weighted by molar-refractivity contribution is -0.402. The maximum atomic E-state index is 10.8. The van der Waals surface area contributed by atoms with E-state index in [2.05, 4.69) is 0 Å². The summed E-state index contributed by atoms with van der Waals surface area (Å²) in [6, 6.07) is 1.74. The molecule has 8 heteroatoms. The fourth-order valence-corrected chi connectivity index (χ4v) is 2.14. The molecule has 1 atom stereocenters. The molecule has 1 aromatic heterocycles. The van der Waals surface area contributed by atoms with Crippen LogP contribution in [0.5, 0.6) is 0 Å². The van der Waals surface area contributed by atoms with Gasteiger partial charge < -0.3 is 15.3 Å². The van der Waals surface area contributed by atoms with Gasteiger partial charge in [-0.1, -0.05) is 0 Å². The van der Waals surface area contributed by atoms with Crippen LogP contribution in [0.2, 0.25) is 0 Å². The summed E-state index contributed by atoms with van der Waals surface area (Å²) in [5, 5.41) is 19.3. The summed E-state index contributed by atoms with van der Waals surface area (Å²) in [6.45, 7) is 3.40. The quantitative estimate of drug-likeness (QED) is 0.597. The Morgan fingerprint density at radius 3 is 2.72 bits per heavy atom.